The number of aromatic nitrogens is 1. The van der Waals surface area contributed by atoms with Crippen LogP contribution in [0.4, 0.5) is 0 Å². The van der Waals surface area contributed by atoms with Crippen LogP contribution in [0.1, 0.15) is 23.2 Å². The fourth-order valence-electron chi connectivity index (χ4n) is 2.79. The Labute approximate surface area is 122 Å². The van der Waals surface area contributed by atoms with Gasteiger partial charge in [0.05, 0.1) is 24.2 Å². The molecule has 1 aromatic heterocycles. The van der Waals surface area contributed by atoms with Crippen molar-refractivity contribution < 1.29 is 15.0 Å². The minimum absolute atomic E-state index is 0.153. The van der Waals surface area contributed by atoms with E-state index in [0.717, 1.165) is 10.9 Å². The second kappa shape index (κ2) is 5.42. The van der Waals surface area contributed by atoms with Crippen molar-refractivity contribution in [1.29, 1.82) is 0 Å². The number of aliphatic hydroxyl groups excluding tert-OH is 1. The summed E-state index contributed by atoms with van der Waals surface area (Å²) < 4.78 is 0. The number of β-amino-alcohol motifs (C(OH)–C–C–N with tert-alkyl or cyclic N) is 1. The Bertz CT molecular complexity index is 673. The van der Waals surface area contributed by atoms with E-state index in [1.165, 1.54) is 0 Å². The third-order valence-electron chi connectivity index (χ3n) is 3.97. The van der Waals surface area contributed by atoms with Crippen molar-refractivity contribution in [3.63, 3.8) is 0 Å². The first-order valence-electron chi connectivity index (χ1n) is 7.09. The van der Waals surface area contributed by atoms with Gasteiger partial charge in [-0.15, -0.1) is 0 Å². The summed E-state index contributed by atoms with van der Waals surface area (Å²) in [7, 11) is 0. The van der Waals surface area contributed by atoms with E-state index in [-0.39, 0.29) is 19.1 Å². The molecule has 0 unspecified atom stereocenters. The molecular formula is C16H18N2O3. The Morgan fingerprint density at radius 3 is 3.00 bits per heavy atom. The van der Waals surface area contributed by atoms with Crippen LogP contribution < -0.4 is 0 Å². The molecule has 2 heterocycles. The molecule has 0 saturated carbocycles. The van der Waals surface area contributed by atoms with Crippen molar-refractivity contribution in [2.75, 3.05) is 19.7 Å². The average Bonchev–Trinajstić information content (AvgIpc) is 2.54. The normalized spacial score (nSPS) is 22.5. The predicted octanol–water partition coefficient (Wildman–Crippen LogP) is 1.19. The number of carbonyl (C=O) groups excluding carboxylic acids is 1. The Kier molecular flexibility index (Phi) is 3.61. The first-order valence-corrected chi connectivity index (χ1v) is 7.09. The number of para-hydroxylation sites is 1. The summed E-state index contributed by atoms with van der Waals surface area (Å²) in [4.78, 5) is 18.4. The highest BCUT2D eigenvalue weighted by atomic mass is 16.3. The third-order valence-corrected chi connectivity index (χ3v) is 3.97. The van der Waals surface area contributed by atoms with Crippen LogP contribution in [0.5, 0.6) is 0 Å². The lowest BCUT2D eigenvalue weighted by Gasteiger charge is -2.38. The Morgan fingerprint density at radius 2 is 2.19 bits per heavy atom. The zero-order valence-corrected chi connectivity index (χ0v) is 11.7. The zero-order valence-electron chi connectivity index (χ0n) is 11.7. The van der Waals surface area contributed by atoms with E-state index < -0.39 is 5.60 Å². The first kappa shape index (κ1) is 14.0. The van der Waals surface area contributed by atoms with Crippen molar-refractivity contribution in [3.8, 4) is 0 Å². The van der Waals surface area contributed by atoms with E-state index in [2.05, 4.69) is 4.98 Å². The topological polar surface area (TPSA) is 73.7 Å². The fourth-order valence-corrected chi connectivity index (χ4v) is 2.79. The summed E-state index contributed by atoms with van der Waals surface area (Å²) in [5, 5.41) is 20.3. The minimum Gasteiger partial charge on any atom is -0.393 e. The van der Waals surface area contributed by atoms with E-state index in [1.807, 2.05) is 30.3 Å². The highest BCUT2D eigenvalue weighted by molar-refractivity contribution is 5.97. The molecule has 21 heavy (non-hydrogen) atoms. The van der Waals surface area contributed by atoms with Crippen molar-refractivity contribution in [1.82, 2.24) is 9.88 Å². The molecule has 2 N–H and O–H groups in total. The lowest BCUT2D eigenvalue weighted by atomic mass is 9.93. The molecule has 5 heteroatoms. The summed E-state index contributed by atoms with van der Waals surface area (Å²) in [5.41, 5.74) is 0.175. The van der Waals surface area contributed by atoms with Crippen LogP contribution in [0.25, 0.3) is 10.9 Å². The molecule has 1 atom stereocenters. The van der Waals surface area contributed by atoms with Gasteiger partial charge in [-0.25, -0.2) is 0 Å². The van der Waals surface area contributed by atoms with Crippen LogP contribution in [0, 0.1) is 0 Å². The van der Waals surface area contributed by atoms with E-state index in [1.54, 1.807) is 11.1 Å². The molecule has 0 radical (unpaired) electrons. The molecule has 0 spiro atoms. The SMILES string of the molecule is O=C(c1cnc2ccccc2c1)N1CCC[C@](O)(CO)C1. The molecule has 5 nitrogen and oxygen atoms in total. The third kappa shape index (κ3) is 2.75. The minimum atomic E-state index is -1.18. The Morgan fingerprint density at radius 1 is 1.38 bits per heavy atom. The standard InChI is InChI=1S/C16H18N2O3/c19-11-16(21)6-3-7-18(10-16)15(20)13-8-12-4-1-2-5-14(12)17-9-13/h1-2,4-5,8-9,19,21H,3,6-7,10-11H2/t16-/m1/s1. The largest absolute Gasteiger partial charge is 0.393 e. The lowest BCUT2D eigenvalue weighted by Crippen LogP contribution is -2.52. The molecule has 1 aliphatic rings. The lowest BCUT2D eigenvalue weighted by molar-refractivity contribution is -0.0598. The number of benzene rings is 1. The van der Waals surface area contributed by atoms with Gasteiger partial charge in [0, 0.05) is 18.1 Å². The second-order valence-corrected chi connectivity index (χ2v) is 5.63. The number of pyridine rings is 1. The van der Waals surface area contributed by atoms with Crippen LogP contribution in [-0.2, 0) is 0 Å². The van der Waals surface area contributed by atoms with Crippen molar-refractivity contribution in [2.45, 2.75) is 18.4 Å². The molecule has 1 saturated heterocycles. The number of piperidine rings is 1. The molecule has 3 rings (SSSR count). The summed E-state index contributed by atoms with van der Waals surface area (Å²) in [6, 6.07) is 9.44. The molecule has 0 bridgehead atoms. The van der Waals surface area contributed by atoms with Gasteiger partial charge in [-0.05, 0) is 25.0 Å². The van der Waals surface area contributed by atoms with E-state index in [4.69, 9.17) is 0 Å². The molecule has 1 amide bonds. The average molecular weight is 286 g/mol. The highest BCUT2D eigenvalue weighted by Gasteiger charge is 2.34. The number of aliphatic hydroxyl groups is 2. The van der Waals surface area contributed by atoms with Crippen molar-refractivity contribution >= 4 is 16.8 Å². The number of hydrogen-bond donors (Lipinski definition) is 2. The maximum absolute atomic E-state index is 12.5. The highest BCUT2D eigenvalue weighted by Crippen LogP contribution is 2.22. The number of likely N-dealkylation sites (tertiary alicyclic amines) is 1. The van der Waals surface area contributed by atoms with Gasteiger partial charge >= 0.3 is 0 Å². The number of fused-ring (bicyclic) bond motifs is 1. The smallest absolute Gasteiger partial charge is 0.255 e. The number of hydrogen-bond acceptors (Lipinski definition) is 4. The van der Waals surface area contributed by atoms with Gasteiger partial charge in [0.1, 0.15) is 5.60 Å². The Hall–Kier alpha value is -1.98. The van der Waals surface area contributed by atoms with Gasteiger partial charge in [-0.1, -0.05) is 18.2 Å². The van der Waals surface area contributed by atoms with E-state index >= 15 is 0 Å². The van der Waals surface area contributed by atoms with Crippen molar-refractivity contribution in [3.05, 3.63) is 42.1 Å². The van der Waals surface area contributed by atoms with Crippen molar-refractivity contribution in [2.24, 2.45) is 0 Å². The van der Waals surface area contributed by atoms with Crippen LogP contribution in [0.3, 0.4) is 0 Å². The second-order valence-electron chi connectivity index (χ2n) is 5.63. The number of nitrogens with zero attached hydrogens (tertiary/aromatic N) is 2. The van der Waals surface area contributed by atoms with E-state index in [0.29, 0.717) is 24.9 Å². The number of rotatable bonds is 2. The maximum Gasteiger partial charge on any atom is 0.255 e. The summed E-state index contributed by atoms with van der Waals surface area (Å²) >= 11 is 0. The summed E-state index contributed by atoms with van der Waals surface area (Å²) in [6.07, 6.45) is 2.77. The van der Waals surface area contributed by atoms with E-state index in [9.17, 15) is 15.0 Å². The van der Waals surface area contributed by atoms with Crippen LogP contribution in [0.2, 0.25) is 0 Å². The van der Waals surface area contributed by atoms with Gasteiger partial charge in [0.15, 0.2) is 0 Å². The molecule has 1 aromatic carbocycles. The zero-order chi connectivity index (χ0) is 14.9. The molecule has 1 fully saturated rings. The van der Waals surface area contributed by atoms with Gasteiger partial charge in [0.2, 0.25) is 0 Å². The van der Waals surface area contributed by atoms with Crippen LogP contribution in [0.15, 0.2) is 36.5 Å². The maximum atomic E-state index is 12.5. The van der Waals surface area contributed by atoms with Crippen LogP contribution in [-0.4, -0.2) is 51.3 Å². The molecule has 110 valence electrons. The Balaban J connectivity index is 1.86. The van der Waals surface area contributed by atoms with Gasteiger partial charge in [-0.2, -0.15) is 0 Å². The predicted molar refractivity (Wildman–Crippen MR) is 78.9 cm³/mol. The summed E-state index contributed by atoms with van der Waals surface area (Å²) in [5.74, 6) is -0.153. The molecule has 2 aromatic rings. The number of amides is 1. The van der Waals surface area contributed by atoms with Gasteiger partial charge in [0.25, 0.3) is 5.91 Å². The quantitative estimate of drug-likeness (QED) is 0.870. The van der Waals surface area contributed by atoms with Gasteiger partial charge in [-0.3, -0.25) is 9.78 Å². The molecule has 1 aliphatic heterocycles. The first-order chi connectivity index (χ1) is 10.1. The van der Waals surface area contributed by atoms with Crippen LogP contribution >= 0.6 is 0 Å². The monoisotopic (exact) mass is 286 g/mol. The fraction of sp³-hybridized carbons (Fsp3) is 0.375. The number of carbonyl (C=O) groups is 1. The van der Waals surface area contributed by atoms with Gasteiger partial charge < -0.3 is 15.1 Å². The molecule has 0 aliphatic carbocycles. The molecular weight excluding hydrogens is 268 g/mol. The summed E-state index contributed by atoms with van der Waals surface area (Å²) in [6.45, 7) is 0.426.